The summed E-state index contributed by atoms with van der Waals surface area (Å²) < 4.78 is 24.8. The van der Waals surface area contributed by atoms with Gasteiger partial charge in [-0.05, 0) is 19.1 Å². The number of hydrogen-bond donors (Lipinski definition) is 1. The molecule has 0 aromatic carbocycles. The van der Waals surface area contributed by atoms with Gasteiger partial charge in [0.2, 0.25) is 15.9 Å². The van der Waals surface area contributed by atoms with Gasteiger partial charge in [-0.25, -0.2) is 13.1 Å². The molecule has 1 atom stereocenters. The average Bonchev–Trinajstić information content (AvgIpc) is 2.24. The Kier molecular flexibility index (Phi) is 5.75. The molecule has 0 aromatic heterocycles. The van der Waals surface area contributed by atoms with Crippen LogP contribution in [0.15, 0.2) is 0 Å². The summed E-state index contributed by atoms with van der Waals surface area (Å²) in [6, 6.07) is -0.128. The minimum atomic E-state index is -3.18. The summed E-state index contributed by atoms with van der Waals surface area (Å²) in [6.07, 6.45) is 5.32. The topological polar surface area (TPSA) is 66.5 Å². The average molecular weight is 280 g/mol. The molecule has 0 bridgehead atoms. The minimum absolute atomic E-state index is 0.124. The molecule has 0 radical (unpaired) electrons. The zero-order chi connectivity index (χ0) is 12.9. The number of hydrogen-bond acceptors (Lipinski definition) is 4. The first kappa shape index (κ1) is 14.8. The molecule has 1 aliphatic heterocycles. The Bertz CT molecular complexity index is 357. The largest absolute Gasteiger partial charge is 0.341 e. The van der Waals surface area contributed by atoms with Gasteiger partial charge in [-0.3, -0.25) is 4.79 Å². The third-order valence-electron chi connectivity index (χ3n) is 2.67. The standard InChI is InChI=1S/C10H20N2O3S2/c1-16-7-5-10(13)12-6-3-4-9(8-12)11-17(2,14)15/h9,11H,3-8H2,1-2H3/t9-/m0/s1. The van der Waals surface area contributed by atoms with E-state index in [1.165, 1.54) is 0 Å². The van der Waals surface area contributed by atoms with Crippen molar-refractivity contribution in [2.75, 3.05) is 31.4 Å². The van der Waals surface area contributed by atoms with Crippen LogP contribution >= 0.6 is 11.8 Å². The first-order valence-corrected chi connectivity index (χ1v) is 8.95. The first-order chi connectivity index (χ1) is 7.92. The Labute approximate surface area is 107 Å². The Morgan fingerprint density at radius 2 is 2.24 bits per heavy atom. The summed E-state index contributed by atoms with van der Waals surface area (Å²) in [7, 11) is -3.18. The van der Waals surface area contributed by atoms with Crippen LogP contribution in [0.25, 0.3) is 0 Å². The number of carbonyl (C=O) groups excluding carboxylic acids is 1. The maximum atomic E-state index is 11.8. The highest BCUT2D eigenvalue weighted by Crippen LogP contribution is 2.12. The molecule has 0 spiro atoms. The van der Waals surface area contributed by atoms with Crippen molar-refractivity contribution in [3.05, 3.63) is 0 Å². The molecule has 0 aliphatic carbocycles. The van der Waals surface area contributed by atoms with E-state index < -0.39 is 10.0 Å². The van der Waals surface area contributed by atoms with Crippen LogP contribution in [-0.2, 0) is 14.8 Å². The molecule has 0 saturated carbocycles. The summed E-state index contributed by atoms with van der Waals surface area (Å²) in [5, 5.41) is 0. The monoisotopic (exact) mass is 280 g/mol. The number of rotatable bonds is 5. The summed E-state index contributed by atoms with van der Waals surface area (Å²) in [6.45, 7) is 1.25. The molecule has 7 heteroatoms. The van der Waals surface area contributed by atoms with E-state index in [0.717, 1.165) is 31.4 Å². The quantitative estimate of drug-likeness (QED) is 0.785. The second kappa shape index (κ2) is 6.61. The van der Waals surface area contributed by atoms with Crippen LogP contribution in [0, 0.1) is 0 Å². The van der Waals surface area contributed by atoms with E-state index in [4.69, 9.17) is 0 Å². The van der Waals surface area contributed by atoms with Crippen molar-refractivity contribution in [1.29, 1.82) is 0 Å². The lowest BCUT2D eigenvalue weighted by molar-refractivity contribution is -0.132. The van der Waals surface area contributed by atoms with Crippen molar-refractivity contribution in [2.45, 2.75) is 25.3 Å². The van der Waals surface area contributed by atoms with Crippen molar-refractivity contribution in [3.63, 3.8) is 0 Å². The molecule has 1 N–H and O–H groups in total. The maximum absolute atomic E-state index is 11.8. The third-order valence-corrected chi connectivity index (χ3v) is 4.05. The molecule has 0 aromatic rings. The predicted molar refractivity (Wildman–Crippen MR) is 70.6 cm³/mol. The van der Waals surface area contributed by atoms with E-state index in [9.17, 15) is 13.2 Å². The summed E-state index contributed by atoms with van der Waals surface area (Å²) in [5.74, 6) is 0.943. The van der Waals surface area contributed by atoms with E-state index in [-0.39, 0.29) is 11.9 Å². The fourth-order valence-corrected chi connectivity index (χ4v) is 3.13. The molecule has 1 heterocycles. The summed E-state index contributed by atoms with van der Waals surface area (Å²) >= 11 is 1.65. The minimum Gasteiger partial charge on any atom is -0.341 e. The number of nitrogens with one attached hydrogen (secondary N) is 1. The van der Waals surface area contributed by atoms with Crippen molar-refractivity contribution in [3.8, 4) is 0 Å². The fraction of sp³-hybridized carbons (Fsp3) is 0.900. The van der Waals surface area contributed by atoms with Gasteiger partial charge in [0.15, 0.2) is 0 Å². The Morgan fingerprint density at radius 3 is 2.82 bits per heavy atom. The Morgan fingerprint density at radius 1 is 1.53 bits per heavy atom. The van der Waals surface area contributed by atoms with Gasteiger partial charge in [0.1, 0.15) is 0 Å². The molecular weight excluding hydrogens is 260 g/mol. The smallest absolute Gasteiger partial charge is 0.223 e. The van der Waals surface area contributed by atoms with E-state index in [0.29, 0.717) is 13.0 Å². The predicted octanol–water partition coefficient (Wildman–Crippen LogP) is 0.280. The molecule has 100 valence electrons. The van der Waals surface area contributed by atoms with Crippen molar-refractivity contribution < 1.29 is 13.2 Å². The SMILES string of the molecule is CSCCC(=O)N1CCC[C@H](NS(C)(=O)=O)C1. The Hall–Kier alpha value is -0.270. The van der Waals surface area contributed by atoms with Gasteiger partial charge < -0.3 is 4.90 Å². The lowest BCUT2D eigenvalue weighted by Gasteiger charge is -2.32. The molecule has 0 unspecified atom stereocenters. The van der Waals surface area contributed by atoms with Gasteiger partial charge in [-0.1, -0.05) is 0 Å². The zero-order valence-electron chi connectivity index (χ0n) is 10.3. The molecule has 1 rings (SSSR count). The molecule has 1 saturated heterocycles. The van der Waals surface area contributed by atoms with Gasteiger partial charge in [-0.2, -0.15) is 11.8 Å². The second-order valence-corrected chi connectivity index (χ2v) is 7.08. The van der Waals surface area contributed by atoms with Gasteiger partial charge in [-0.15, -0.1) is 0 Å². The second-order valence-electron chi connectivity index (χ2n) is 4.31. The maximum Gasteiger partial charge on any atom is 0.223 e. The normalized spacial score (nSPS) is 21.5. The number of sulfonamides is 1. The zero-order valence-corrected chi connectivity index (χ0v) is 11.9. The van der Waals surface area contributed by atoms with Gasteiger partial charge in [0.05, 0.1) is 6.26 Å². The van der Waals surface area contributed by atoms with Crippen LogP contribution in [0.3, 0.4) is 0 Å². The summed E-state index contributed by atoms with van der Waals surface area (Å²) in [5.41, 5.74) is 0. The van der Waals surface area contributed by atoms with Crippen LogP contribution in [0.4, 0.5) is 0 Å². The number of piperidine rings is 1. The van der Waals surface area contributed by atoms with Crippen molar-refractivity contribution >= 4 is 27.7 Å². The van der Waals surface area contributed by atoms with Gasteiger partial charge >= 0.3 is 0 Å². The molecule has 17 heavy (non-hydrogen) atoms. The number of likely N-dealkylation sites (tertiary alicyclic amines) is 1. The molecule has 5 nitrogen and oxygen atoms in total. The van der Waals surface area contributed by atoms with Crippen LogP contribution in [-0.4, -0.2) is 56.6 Å². The lowest BCUT2D eigenvalue weighted by Crippen LogP contribution is -2.49. The van der Waals surface area contributed by atoms with Crippen molar-refractivity contribution in [1.82, 2.24) is 9.62 Å². The van der Waals surface area contributed by atoms with Crippen molar-refractivity contribution in [2.24, 2.45) is 0 Å². The fourth-order valence-electron chi connectivity index (χ4n) is 1.95. The number of nitrogens with zero attached hydrogens (tertiary/aromatic N) is 1. The third kappa shape index (κ3) is 5.74. The lowest BCUT2D eigenvalue weighted by atomic mass is 10.1. The van der Waals surface area contributed by atoms with E-state index >= 15 is 0 Å². The highest BCUT2D eigenvalue weighted by atomic mass is 32.2. The van der Waals surface area contributed by atoms with Crippen LogP contribution in [0.1, 0.15) is 19.3 Å². The van der Waals surface area contributed by atoms with Crippen LogP contribution < -0.4 is 4.72 Å². The molecule has 1 amide bonds. The number of amides is 1. The van der Waals surface area contributed by atoms with Crippen LogP contribution in [0.2, 0.25) is 0 Å². The number of carbonyl (C=O) groups is 1. The highest BCUT2D eigenvalue weighted by molar-refractivity contribution is 7.98. The number of thioether (sulfide) groups is 1. The van der Waals surface area contributed by atoms with Crippen LogP contribution in [0.5, 0.6) is 0 Å². The van der Waals surface area contributed by atoms with E-state index in [1.807, 2.05) is 6.26 Å². The molecular formula is C10H20N2O3S2. The van der Waals surface area contributed by atoms with Gasteiger partial charge in [0, 0.05) is 31.3 Å². The first-order valence-electron chi connectivity index (χ1n) is 5.66. The van der Waals surface area contributed by atoms with Gasteiger partial charge in [0.25, 0.3) is 0 Å². The summed E-state index contributed by atoms with van der Waals surface area (Å²) in [4.78, 5) is 13.6. The Balaban J connectivity index is 2.46. The van der Waals surface area contributed by atoms with E-state index in [1.54, 1.807) is 16.7 Å². The molecule has 1 aliphatic rings. The van der Waals surface area contributed by atoms with E-state index in [2.05, 4.69) is 4.72 Å². The molecule has 1 fully saturated rings. The highest BCUT2D eigenvalue weighted by Gasteiger charge is 2.24.